The first-order valence-corrected chi connectivity index (χ1v) is 10.2. The molecule has 160 valence electrons. The Morgan fingerprint density at radius 2 is 1.75 bits per heavy atom. The number of tetrazole rings is 1. The Morgan fingerprint density at radius 1 is 1.00 bits per heavy atom. The molecule has 2 aliphatic rings. The van der Waals surface area contributed by atoms with Crippen molar-refractivity contribution in [3.8, 4) is 22.5 Å². The van der Waals surface area contributed by atoms with E-state index in [0.29, 0.717) is 5.82 Å². The van der Waals surface area contributed by atoms with Crippen LogP contribution < -0.4 is 51.4 Å². The third kappa shape index (κ3) is 4.71. The number of aliphatic imine (C=N–C) groups is 1. The number of rotatable bonds is 6. The molecule has 2 aliphatic heterocycles. The van der Waals surface area contributed by atoms with Gasteiger partial charge in [-0.1, -0.05) is 68.2 Å². The SMILES string of the molecule is CCC1=NC2=C(CC)CN(Cc3ccc(-c4ccccc4-c4nn[nH]n4)cc3)N2[N-]1.O.[K+]. The van der Waals surface area contributed by atoms with Gasteiger partial charge in [0, 0.05) is 24.5 Å². The Kier molecular flexibility index (Phi) is 8.34. The number of H-pyrrole nitrogens is 1. The van der Waals surface area contributed by atoms with Crippen LogP contribution in [0.4, 0.5) is 0 Å². The first kappa shape index (κ1) is 24.7. The van der Waals surface area contributed by atoms with Crippen molar-refractivity contribution in [3.63, 3.8) is 0 Å². The van der Waals surface area contributed by atoms with Crippen molar-refractivity contribution in [1.82, 2.24) is 30.8 Å². The average Bonchev–Trinajstić information content (AvgIpc) is 3.52. The van der Waals surface area contributed by atoms with Crippen LogP contribution in [0.1, 0.15) is 32.3 Å². The van der Waals surface area contributed by atoms with E-state index in [1.807, 2.05) is 23.3 Å². The molecule has 3 N–H and O–H groups in total. The van der Waals surface area contributed by atoms with Crippen molar-refractivity contribution >= 4 is 5.84 Å². The van der Waals surface area contributed by atoms with Crippen LogP contribution in [-0.2, 0) is 6.54 Å². The van der Waals surface area contributed by atoms with Crippen molar-refractivity contribution < 1.29 is 56.9 Å². The van der Waals surface area contributed by atoms with E-state index >= 15 is 0 Å². The van der Waals surface area contributed by atoms with Gasteiger partial charge in [-0.15, -0.1) is 10.2 Å². The van der Waals surface area contributed by atoms with Crippen molar-refractivity contribution in [1.29, 1.82) is 0 Å². The van der Waals surface area contributed by atoms with Gasteiger partial charge in [0.1, 0.15) is 0 Å². The topological polar surface area (TPSA) is 119 Å². The first-order chi connectivity index (χ1) is 14.8. The minimum absolute atomic E-state index is 0. The van der Waals surface area contributed by atoms with Gasteiger partial charge >= 0.3 is 51.4 Å². The zero-order valence-corrected chi connectivity index (χ0v) is 21.7. The summed E-state index contributed by atoms with van der Waals surface area (Å²) in [7, 11) is 0. The number of hydrazine groups is 1. The second-order valence-electron chi connectivity index (χ2n) is 7.35. The standard InChI is InChI=1S/C22H23N8.K.H2O/c1-3-16-14-29(30-22(16)23-20(4-2)26-30)13-15-9-11-17(12-10-15)18-7-5-6-8-19(18)21-24-27-28-25-21;;/h5-12H,3-4,13-14H2,1-2H3,(H-,23,24,25,26,27,28);;1H2/q-1;+1;. The summed E-state index contributed by atoms with van der Waals surface area (Å²) >= 11 is 0. The molecule has 0 aliphatic carbocycles. The summed E-state index contributed by atoms with van der Waals surface area (Å²) in [6, 6.07) is 16.7. The van der Waals surface area contributed by atoms with Gasteiger partial charge in [0.2, 0.25) is 5.82 Å². The van der Waals surface area contributed by atoms with E-state index < -0.39 is 0 Å². The smallest absolute Gasteiger partial charge is 0.423 e. The van der Waals surface area contributed by atoms with E-state index in [9.17, 15) is 0 Å². The van der Waals surface area contributed by atoms with Crippen LogP contribution in [0.5, 0.6) is 0 Å². The molecule has 0 radical (unpaired) electrons. The molecule has 9 nitrogen and oxygen atoms in total. The van der Waals surface area contributed by atoms with Gasteiger partial charge in [0.05, 0.1) is 0 Å². The molecular formula is C22H25KN8O. The van der Waals surface area contributed by atoms with E-state index in [1.165, 1.54) is 11.1 Å². The molecule has 0 saturated heterocycles. The number of nitrogens with zero attached hydrogens (tertiary/aromatic N) is 7. The minimum atomic E-state index is 0. The van der Waals surface area contributed by atoms with Crippen LogP contribution in [-0.4, -0.2) is 48.6 Å². The summed E-state index contributed by atoms with van der Waals surface area (Å²) in [5.74, 6) is 2.51. The molecule has 5 rings (SSSR count). The molecule has 0 spiro atoms. The molecule has 32 heavy (non-hydrogen) atoms. The van der Waals surface area contributed by atoms with Gasteiger partial charge in [0.15, 0.2) is 0 Å². The maximum Gasteiger partial charge on any atom is 1.00 e. The maximum atomic E-state index is 4.69. The van der Waals surface area contributed by atoms with Gasteiger partial charge in [-0.2, -0.15) is 5.21 Å². The molecule has 0 atom stereocenters. The molecule has 1 aromatic heterocycles. The van der Waals surface area contributed by atoms with Crippen molar-refractivity contribution in [2.24, 2.45) is 4.99 Å². The molecule has 10 heteroatoms. The number of hydrogen-bond donors (Lipinski definition) is 1. The fourth-order valence-corrected chi connectivity index (χ4v) is 3.87. The molecule has 0 fully saturated rings. The predicted octanol–water partition coefficient (Wildman–Crippen LogP) is 0.478. The van der Waals surface area contributed by atoms with Crippen LogP contribution in [0, 0.1) is 0 Å². The molecule has 3 heterocycles. The second-order valence-corrected chi connectivity index (χ2v) is 7.35. The Morgan fingerprint density at radius 3 is 2.41 bits per heavy atom. The van der Waals surface area contributed by atoms with Crippen molar-refractivity contribution in [2.75, 3.05) is 6.54 Å². The van der Waals surface area contributed by atoms with E-state index in [1.54, 1.807) is 0 Å². The summed E-state index contributed by atoms with van der Waals surface area (Å²) in [5, 5.41) is 18.7. The van der Waals surface area contributed by atoms with Crippen LogP contribution in [0.2, 0.25) is 0 Å². The third-order valence-electron chi connectivity index (χ3n) is 5.48. The van der Waals surface area contributed by atoms with E-state index in [0.717, 1.165) is 54.3 Å². The summed E-state index contributed by atoms with van der Waals surface area (Å²) in [6.07, 6.45) is 1.84. The predicted molar refractivity (Wildman–Crippen MR) is 119 cm³/mol. The van der Waals surface area contributed by atoms with Gasteiger partial charge in [-0.05, 0) is 40.3 Å². The molecule has 3 aromatic rings. The van der Waals surface area contributed by atoms with Gasteiger partial charge in [-0.25, -0.2) is 5.01 Å². The number of aromatic nitrogens is 4. The van der Waals surface area contributed by atoms with Crippen molar-refractivity contribution in [3.05, 3.63) is 70.9 Å². The Balaban J connectivity index is 0.00000144. The van der Waals surface area contributed by atoms with Gasteiger partial charge in [0.25, 0.3) is 0 Å². The molecular weight excluding hydrogens is 431 g/mol. The number of fused-ring (bicyclic) bond motifs is 1. The Labute approximate surface area is 229 Å². The maximum absolute atomic E-state index is 4.69. The van der Waals surface area contributed by atoms with Crippen LogP contribution in [0.3, 0.4) is 0 Å². The Hall–Kier alpha value is -1.92. The fraction of sp³-hybridized carbons (Fsp3) is 0.273. The molecule has 0 unspecified atom stereocenters. The molecule has 2 aromatic carbocycles. The Bertz CT molecular complexity index is 1110. The quantitative estimate of drug-likeness (QED) is 0.541. The number of amidine groups is 1. The molecule has 0 bridgehead atoms. The van der Waals surface area contributed by atoms with Crippen molar-refractivity contribution in [2.45, 2.75) is 33.2 Å². The van der Waals surface area contributed by atoms with Gasteiger partial charge < -0.3 is 15.9 Å². The van der Waals surface area contributed by atoms with Crippen LogP contribution in [0.25, 0.3) is 27.9 Å². The fourth-order valence-electron chi connectivity index (χ4n) is 3.87. The zero-order valence-electron chi connectivity index (χ0n) is 18.6. The summed E-state index contributed by atoms with van der Waals surface area (Å²) in [5.41, 5.74) is 10.4. The van der Waals surface area contributed by atoms with Crippen LogP contribution in [0.15, 0.2) is 64.9 Å². The van der Waals surface area contributed by atoms with Crippen LogP contribution >= 0.6 is 0 Å². The molecule has 0 saturated carbocycles. The third-order valence-corrected chi connectivity index (χ3v) is 5.48. The normalized spacial score (nSPS) is 15.1. The number of benzene rings is 2. The number of hydrogen-bond acceptors (Lipinski definition) is 6. The van der Waals surface area contributed by atoms with E-state index in [2.05, 4.69) is 75.2 Å². The largest absolute Gasteiger partial charge is 1.00 e. The first-order valence-electron chi connectivity index (χ1n) is 10.2. The summed E-state index contributed by atoms with van der Waals surface area (Å²) < 4.78 is 0. The zero-order chi connectivity index (χ0) is 20.5. The second kappa shape index (κ2) is 10.8. The summed E-state index contributed by atoms with van der Waals surface area (Å²) in [6.45, 7) is 5.93. The van der Waals surface area contributed by atoms with E-state index in [-0.39, 0.29) is 56.9 Å². The van der Waals surface area contributed by atoms with Gasteiger partial charge in [-0.3, -0.25) is 5.12 Å². The monoisotopic (exact) mass is 456 g/mol. The average molecular weight is 457 g/mol. The van der Waals surface area contributed by atoms with E-state index in [4.69, 9.17) is 4.99 Å². The molecule has 0 amide bonds. The minimum Gasteiger partial charge on any atom is -0.423 e. The summed E-state index contributed by atoms with van der Waals surface area (Å²) in [4.78, 5) is 4.69. The number of nitrogens with one attached hydrogen (secondary N) is 1. The number of aromatic amines is 1.